The molecule has 4 aromatic rings. The van der Waals surface area contributed by atoms with Crippen molar-refractivity contribution >= 4 is 26.4 Å². The Labute approximate surface area is 112 Å². The molecule has 4 aromatic heterocycles. The lowest BCUT2D eigenvalue weighted by molar-refractivity contribution is -0.670. The number of fused-ring (bicyclic) bond motifs is 7. The summed E-state index contributed by atoms with van der Waals surface area (Å²) in [5.74, 6) is 1.18. The first kappa shape index (κ1) is 9.63. The van der Waals surface area contributed by atoms with E-state index in [1.807, 2.05) is 24.7 Å². The Morgan fingerprint density at radius 1 is 1.26 bits per heavy atom. The molecule has 0 bridgehead atoms. The number of thiazole rings is 1. The molecule has 5 heteroatoms. The van der Waals surface area contributed by atoms with Crippen LogP contribution in [0.3, 0.4) is 0 Å². The minimum atomic E-state index is 0.916. The van der Waals surface area contributed by atoms with Crippen molar-refractivity contribution < 1.29 is 4.57 Å². The largest absolute Gasteiger partial charge is 0.314 e. The van der Waals surface area contributed by atoms with Gasteiger partial charge in [-0.3, -0.25) is 4.98 Å². The standard InChI is InChI=1S/C14H9N4S/c1-2-9-7-17-8-12-18(14(17)13(9)16-4-1)10-3-5-15-6-11(10)19-12/h1-6,8H,7H2/q+1. The molecule has 90 valence electrons. The predicted molar refractivity (Wildman–Crippen MR) is 73.1 cm³/mol. The van der Waals surface area contributed by atoms with Crippen molar-refractivity contribution in [1.29, 1.82) is 0 Å². The van der Waals surface area contributed by atoms with Crippen LogP contribution in [0.5, 0.6) is 0 Å². The lowest BCUT2D eigenvalue weighted by Gasteiger charge is -1.92. The normalized spacial score (nSPS) is 13.1. The van der Waals surface area contributed by atoms with Gasteiger partial charge in [0.05, 0.1) is 4.70 Å². The first-order valence-electron chi connectivity index (χ1n) is 6.13. The molecule has 0 atom stereocenters. The second-order valence-corrected chi connectivity index (χ2v) is 5.77. The molecule has 0 spiro atoms. The van der Waals surface area contributed by atoms with Crippen LogP contribution in [0, 0.1) is 0 Å². The maximum atomic E-state index is 4.56. The molecular weight excluding hydrogens is 256 g/mol. The van der Waals surface area contributed by atoms with Crippen molar-refractivity contribution in [1.82, 2.24) is 14.4 Å². The molecule has 0 fully saturated rings. The van der Waals surface area contributed by atoms with E-state index >= 15 is 0 Å². The molecule has 0 radical (unpaired) electrons. The minimum absolute atomic E-state index is 0.916. The van der Waals surface area contributed by atoms with Crippen LogP contribution in [-0.4, -0.2) is 14.4 Å². The summed E-state index contributed by atoms with van der Waals surface area (Å²) < 4.78 is 5.79. The highest BCUT2D eigenvalue weighted by molar-refractivity contribution is 7.23. The average Bonchev–Trinajstić information content (AvgIpc) is 3.04. The molecule has 5 rings (SSSR count). The van der Waals surface area contributed by atoms with E-state index in [9.17, 15) is 0 Å². The van der Waals surface area contributed by atoms with Crippen LogP contribution in [0.1, 0.15) is 5.56 Å². The van der Waals surface area contributed by atoms with Crippen LogP contribution < -0.4 is 4.57 Å². The van der Waals surface area contributed by atoms with E-state index in [1.165, 1.54) is 26.4 Å². The number of nitrogens with zero attached hydrogens (tertiary/aromatic N) is 4. The maximum Gasteiger partial charge on any atom is 0.314 e. The number of hydrogen-bond acceptors (Lipinski definition) is 3. The van der Waals surface area contributed by atoms with E-state index in [1.54, 1.807) is 11.3 Å². The van der Waals surface area contributed by atoms with Crippen LogP contribution in [0.2, 0.25) is 0 Å². The fraction of sp³-hybridized carbons (Fsp3) is 0.0714. The summed E-state index contributed by atoms with van der Waals surface area (Å²) in [6.07, 6.45) is 7.85. The molecule has 19 heavy (non-hydrogen) atoms. The fourth-order valence-electron chi connectivity index (χ4n) is 2.85. The minimum Gasteiger partial charge on any atom is -0.263 e. The Bertz CT molecular complexity index is 951. The lowest BCUT2D eigenvalue weighted by Crippen LogP contribution is -2.29. The maximum absolute atomic E-state index is 4.56. The number of hydrogen-bond donors (Lipinski definition) is 0. The Morgan fingerprint density at radius 3 is 3.26 bits per heavy atom. The first-order chi connectivity index (χ1) is 9.42. The molecule has 0 aromatic carbocycles. The molecular formula is C14H9N4S+. The van der Waals surface area contributed by atoms with Crippen molar-refractivity contribution in [3.05, 3.63) is 48.5 Å². The Balaban J connectivity index is 2.00. The number of aromatic nitrogens is 4. The zero-order valence-corrected chi connectivity index (χ0v) is 10.8. The van der Waals surface area contributed by atoms with Gasteiger partial charge in [-0.05, 0) is 6.07 Å². The Morgan fingerprint density at radius 2 is 2.26 bits per heavy atom. The van der Waals surface area contributed by atoms with E-state index in [2.05, 4.69) is 37.3 Å². The van der Waals surface area contributed by atoms with Crippen LogP contribution in [-0.2, 0) is 6.54 Å². The molecule has 0 unspecified atom stereocenters. The summed E-state index contributed by atoms with van der Waals surface area (Å²) in [5, 5.41) is 0. The summed E-state index contributed by atoms with van der Waals surface area (Å²) in [4.78, 5) is 10.0. The second-order valence-electron chi connectivity index (χ2n) is 4.71. The zero-order chi connectivity index (χ0) is 12.4. The third-order valence-electron chi connectivity index (χ3n) is 3.63. The molecule has 0 N–H and O–H groups in total. The molecule has 0 saturated carbocycles. The Hall–Kier alpha value is -2.27. The van der Waals surface area contributed by atoms with Gasteiger partial charge in [0.2, 0.25) is 4.83 Å². The Kier molecular flexibility index (Phi) is 1.62. The molecule has 5 heterocycles. The smallest absolute Gasteiger partial charge is 0.263 e. The van der Waals surface area contributed by atoms with Gasteiger partial charge in [-0.1, -0.05) is 17.4 Å². The van der Waals surface area contributed by atoms with Crippen LogP contribution >= 0.6 is 11.3 Å². The topological polar surface area (TPSA) is 34.1 Å². The van der Waals surface area contributed by atoms with Gasteiger partial charge in [0.25, 0.3) is 0 Å². The van der Waals surface area contributed by atoms with Gasteiger partial charge in [-0.2, -0.15) is 4.40 Å². The van der Waals surface area contributed by atoms with E-state index < -0.39 is 0 Å². The summed E-state index contributed by atoms with van der Waals surface area (Å²) in [6, 6.07) is 6.22. The SMILES string of the molecule is c1cnc2c(c1)C[n+]1cc3sc4cnccc4n3c1-2. The van der Waals surface area contributed by atoms with Gasteiger partial charge in [0.1, 0.15) is 12.7 Å². The quantitative estimate of drug-likeness (QED) is 0.402. The first-order valence-corrected chi connectivity index (χ1v) is 6.95. The summed E-state index contributed by atoms with van der Waals surface area (Å²) in [5.41, 5.74) is 3.60. The van der Waals surface area contributed by atoms with Gasteiger partial charge in [-0.25, -0.2) is 9.55 Å². The molecule has 0 amide bonds. The van der Waals surface area contributed by atoms with Gasteiger partial charge >= 0.3 is 5.82 Å². The van der Waals surface area contributed by atoms with Crippen molar-refractivity contribution in [3.63, 3.8) is 0 Å². The van der Waals surface area contributed by atoms with Crippen molar-refractivity contribution in [2.75, 3.05) is 0 Å². The summed E-state index contributed by atoms with van der Waals surface area (Å²) >= 11 is 1.77. The third kappa shape index (κ3) is 1.11. The van der Waals surface area contributed by atoms with Crippen molar-refractivity contribution in [2.45, 2.75) is 6.54 Å². The fourth-order valence-corrected chi connectivity index (χ4v) is 3.91. The van der Waals surface area contributed by atoms with Gasteiger partial charge in [0, 0.05) is 30.2 Å². The molecule has 1 aliphatic heterocycles. The highest BCUT2D eigenvalue weighted by Gasteiger charge is 2.32. The van der Waals surface area contributed by atoms with Gasteiger partial charge in [-0.15, -0.1) is 0 Å². The van der Waals surface area contributed by atoms with Crippen LogP contribution in [0.25, 0.3) is 26.6 Å². The van der Waals surface area contributed by atoms with Crippen LogP contribution in [0.4, 0.5) is 0 Å². The second kappa shape index (κ2) is 3.19. The van der Waals surface area contributed by atoms with E-state index in [-0.39, 0.29) is 0 Å². The highest BCUT2D eigenvalue weighted by atomic mass is 32.1. The predicted octanol–water partition coefficient (Wildman–Crippen LogP) is 2.26. The van der Waals surface area contributed by atoms with Crippen molar-refractivity contribution in [2.24, 2.45) is 0 Å². The summed E-state index contributed by atoms with van der Waals surface area (Å²) in [6.45, 7) is 0.916. The van der Waals surface area contributed by atoms with E-state index in [4.69, 9.17) is 0 Å². The number of imidazole rings is 1. The summed E-state index contributed by atoms with van der Waals surface area (Å²) in [7, 11) is 0. The van der Waals surface area contributed by atoms with E-state index in [0.717, 1.165) is 12.2 Å². The van der Waals surface area contributed by atoms with Crippen molar-refractivity contribution in [3.8, 4) is 11.5 Å². The number of rotatable bonds is 0. The monoisotopic (exact) mass is 265 g/mol. The molecule has 1 aliphatic rings. The average molecular weight is 265 g/mol. The highest BCUT2D eigenvalue weighted by Crippen LogP contribution is 2.32. The van der Waals surface area contributed by atoms with Gasteiger partial charge in [0.15, 0.2) is 11.2 Å². The van der Waals surface area contributed by atoms with Gasteiger partial charge < -0.3 is 0 Å². The zero-order valence-electron chi connectivity index (χ0n) is 9.95. The molecule has 0 aliphatic carbocycles. The number of pyridine rings is 2. The molecule has 4 nitrogen and oxygen atoms in total. The van der Waals surface area contributed by atoms with E-state index in [0.29, 0.717) is 0 Å². The van der Waals surface area contributed by atoms with Crippen LogP contribution in [0.15, 0.2) is 43.0 Å². The third-order valence-corrected chi connectivity index (χ3v) is 4.66. The lowest BCUT2D eigenvalue weighted by atomic mass is 10.2. The molecule has 0 saturated heterocycles.